The standard InChI is InChI=1S/C13H18O2/c1-12(2)9-15-13(12,3)10-5-7-11(14-4)8-6-10/h5-8H,9H2,1-4H3. The van der Waals surface area contributed by atoms with E-state index >= 15 is 0 Å². The molecular weight excluding hydrogens is 188 g/mol. The number of methoxy groups -OCH3 is 1. The molecule has 1 aliphatic heterocycles. The molecule has 0 radical (unpaired) electrons. The fourth-order valence-corrected chi connectivity index (χ4v) is 1.96. The van der Waals surface area contributed by atoms with Crippen LogP contribution in [-0.2, 0) is 10.3 Å². The van der Waals surface area contributed by atoms with Crippen LogP contribution in [0.3, 0.4) is 0 Å². The third-order valence-corrected chi connectivity index (χ3v) is 3.65. The number of benzene rings is 1. The van der Waals surface area contributed by atoms with Crippen LogP contribution in [0.5, 0.6) is 5.75 Å². The third-order valence-electron chi connectivity index (χ3n) is 3.65. The molecule has 1 fully saturated rings. The van der Waals surface area contributed by atoms with Crippen molar-refractivity contribution < 1.29 is 9.47 Å². The van der Waals surface area contributed by atoms with Crippen LogP contribution in [0.25, 0.3) is 0 Å². The average Bonchev–Trinajstić information content (AvgIpc) is 2.26. The lowest BCUT2D eigenvalue weighted by atomic mass is 9.68. The van der Waals surface area contributed by atoms with E-state index in [1.165, 1.54) is 5.56 Å². The highest BCUT2D eigenvalue weighted by Crippen LogP contribution is 2.51. The Hall–Kier alpha value is -1.02. The molecule has 1 unspecified atom stereocenters. The number of ether oxygens (including phenoxy) is 2. The molecule has 1 aliphatic rings. The molecule has 1 atom stereocenters. The van der Waals surface area contributed by atoms with Gasteiger partial charge in [-0.15, -0.1) is 0 Å². The molecule has 0 amide bonds. The van der Waals surface area contributed by atoms with Crippen LogP contribution in [0, 0.1) is 5.41 Å². The minimum Gasteiger partial charge on any atom is -0.497 e. The number of hydrogen-bond acceptors (Lipinski definition) is 2. The first-order valence-electron chi connectivity index (χ1n) is 5.28. The zero-order valence-corrected chi connectivity index (χ0v) is 9.83. The first kappa shape index (κ1) is 10.5. The van der Waals surface area contributed by atoms with Crippen LogP contribution in [0.1, 0.15) is 26.3 Å². The molecule has 0 spiro atoms. The van der Waals surface area contributed by atoms with Gasteiger partial charge in [-0.25, -0.2) is 0 Å². The Morgan fingerprint density at radius 2 is 1.73 bits per heavy atom. The van der Waals surface area contributed by atoms with Gasteiger partial charge >= 0.3 is 0 Å². The Balaban J connectivity index is 2.30. The van der Waals surface area contributed by atoms with Crippen molar-refractivity contribution >= 4 is 0 Å². The molecule has 1 saturated heterocycles. The Bertz CT molecular complexity index is 353. The van der Waals surface area contributed by atoms with E-state index < -0.39 is 0 Å². The van der Waals surface area contributed by atoms with E-state index in [-0.39, 0.29) is 11.0 Å². The van der Waals surface area contributed by atoms with Crippen LogP contribution in [0.4, 0.5) is 0 Å². The van der Waals surface area contributed by atoms with Gasteiger partial charge in [-0.2, -0.15) is 0 Å². The summed E-state index contributed by atoms with van der Waals surface area (Å²) in [5.41, 5.74) is 1.28. The summed E-state index contributed by atoms with van der Waals surface area (Å²) >= 11 is 0. The summed E-state index contributed by atoms with van der Waals surface area (Å²) in [4.78, 5) is 0. The summed E-state index contributed by atoms with van der Waals surface area (Å²) < 4.78 is 10.9. The molecule has 0 aromatic heterocycles. The van der Waals surface area contributed by atoms with Crippen LogP contribution in [0.2, 0.25) is 0 Å². The van der Waals surface area contributed by atoms with Gasteiger partial charge in [-0.1, -0.05) is 26.0 Å². The Kier molecular flexibility index (Phi) is 2.27. The molecule has 0 aliphatic carbocycles. The van der Waals surface area contributed by atoms with Crippen LogP contribution in [0.15, 0.2) is 24.3 Å². The molecule has 1 aromatic carbocycles. The molecule has 15 heavy (non-hydrogen) atoms. The van der Waals surface area contributed by atoms with Crippen LogP contribution < -0.4 is 4.74 Å². The zero-order chi connectivity index (χ0) is 11.1. The lowest BCUT2D eigenvalue weighted by Crippen LogP contribution is -2.55. The molecule has 2 nitrogen and oxygen atoms in total. The number of rotatable bonds is 2. The molecule has 0 bridgehead atoms. The van der Waals surface area contributed by atoms with E-state index in [9.17, 15) is 0 Å². The number of hydrogen-bond donors (Lipinski definition) is 0. The van der Waals surface area contributed by atoms with Crippen molar-refractivity contribution in [1.82, 2.24) is 0 Å². The quantitative estimate of drug-likeness (QED) is 0.740. The lowest BCUT2D eigenvalue weighted by molar-refractivity contribution is -0.250. The maximum Gasteiger partial charge on any atom is 0.118 e. The maximum atomic E-state index is 5.75. The predicted octanol–water partition coefficient (Wildman–Crippen LogP) is 2.97. The molecule has 0 saturated carbocycles. The Labute approximate surface area is 91.2 Å². The molecule has 2 heteroatoms. The van der Waals surface area contributed by atoms with Gasteiger partial charge in [-0.3, -0.25) is 0 Å². The van der Waals surface area contributed by atoms with E-state index in [0.717, 1.165) is 12.4 Å². The van der Waals surface area contributed by atoms with E-state index in [2.05, 4.69) is 32.9 Å². The Morgan fingerprint density at radius 3 is 2.07 bits per heavy atom. The minimum absolute atomic E-state index is 0.154. The normalized spacial score (nSPS) is 28.3. The average molecular weight is 206 g/mol. The molecular formula is C13H18O2. The van der Waals surface area contributed by atoms with Gasteiger partial charge in [-0.05, 0) is 24.6 Å². The molecule has 0 N–H and O–H groups in total. The highest BCUT2D eigenvalue weighted by molar-refractivity contribution is 5.33. The highest BCUT2D eigenvalue weighted by atomic mass is 16.5. The predicted molar refractivity (Wildman–Crippen MR) is 60.1 cm³/mol. The van der Waals surface area contributed by atoms with E-state index in [4.69, 9.17) is 9.47 Å². The SMILES string of the molecule is COc1ccc(C2(C)OCC2(C)C)cc1. The van der Waals surface area contributed by atoms with Crippen LogP contribution >= 0.6 is 0 Å². The third kappa shape index (κ3) is 1.44. The van der Waals surface area contributed by atoms with Gasteiger partial charge in [0.05, 0.1) is 19.3 Å². The first-order valence-corrected chi connectivity index (χ1v) is 5.28. The molecule has 82 valence electrons. The molecule has 1 heterocycles. The minimum atomic E-state index is -0.154. The van der Waals surface area contributed by atoms with Gasteiger partial charge in [0.15, 0.2) is 0 Å². The topological polar surface area (TPSA) is 18.5 Å². The second-order valence-corrected chi connectivity index (χ2v) is 4.93. The van der Waals surface area contributed by atoms with E-state index in [0.29, 0.717) is 0 Å². The van der Waals surface area contributed by atoms with Crippen molar-refractivity contribution in [2.45, 2.75) is 26.4 Å². The van der Waals surface area contributed by atoms with Crippen molar-refractivity contribution in [3.8, 4) is 5.75 Å². The second-order valence-electron chi connectivity index (χ2n) is 4.93. The largest absolute Gasteiger partial charge is 0.497 e. The van der Waals surface area contributed by atoms with Gasteiger partial charge in [0.25, 0.3) is 0 Å². The van der Waals surface area contributed by atoms with Gasteiger partial charge < -0.3 is 9.47 Å². The molecule has 2 rings (SSSR count). The maximum absolute atomic E-state index is 5.75. The fraction of sp³-hybridized carbons (Fsp3) is 0.538. The van der Waals surface area contributed by atoms with Gasteiger partial charge in [0.1, 0.15) is 5.75 Å². The smallest absolute Gasteiger partial charge is 0.118 e. The zero-order valence-electron chi connectivity index (χ0n) is 9.83. The summed E-state index contributed by atoms with van der Waals surface area (Å²) in [6.45, 7) is 7.45. The van der Waals surface area contributed by atoms with Gasteiger partial charge in [0.2, 0.25) is 0 Å². The van der Waals surface area contributed by atoms with Gasteiger partial charge in [0, 0.05) is 5.41 Å². The summed E-state index contributed by atoms with van der Waals surface area (Å²) in [6, 6.07) is 8.14. The second kappa shape index (κ2) is 3.24. The first-order chi connectivity index (χ1) is 6.99. The van der Waals surface area contributed by atoms with Crippen molar-refractivity contribution in [1.29, 1.82) is 0 Å². The summed E-state index contributed by atoms with van der Waals surface area (Å²) in [5, 5.41) is 0. The van der Waals surface area contributed by atoms with Crippen molar-refractivity contribution in [2.24, 2.45) is 5.41 Å². The highest BCUT2D eigenvalue weighted by Gasteiger charge is 2.52. The monoisotopic (exact) mass is 206 g/mol. The lowest BCUT2D eigenvalue weighted by Gasteiger charge is -2.54. The van der Waals surface area contributed by atoms with Crippen molar-refractivity contribution in [2.75, 3.05) is 13.7 Å². The van der Waals surface area contributed by atoms with E-state index in [1.807, 2.05) is 12.1 Å². The fourth-order valence-electron chi connectivity index (χ4n) is 1.96. The molecule has 1 aromatic rings. The Morgan fingerprint density at radius 1 is 1.13 bits per heavy atom. The van der Waals surface area contributed by atoms with Crippen molar-refractivity contribution in [3.05, 3.63) is 29.8 Å². The summed E-state index contributed by atoms with van der Waals surface area (Å²) in [7, 11) is 1.68. The summed E-state index contributed by atoms with van der Waals surface area (Å²) in [5.74, 6) is 0.888. The van der Waals surface area contributed by atoms with E-state index in [1.54, 1.807) is 7.11 Å². The van der Waals surface area contributed by atoms with Crippen molar-refractivity contribution in [3.63, 3.8) is 0 Å². The van der Waals surface area contributed by atoms with Crippen LogP contribution in [-0.4, -0.2) is 13.7 Å². The summed E-state index contributed by atoms with van der Waals surface area (Å²) in [6.07, 6.45) is 0.